The van der Waals surface area contributed by atoms with Crippen LogP contribution in [0.15, 0.2) is 9.85 Å². The van der Waals surface area contributed by atoms with Gasteiger partial charge in [-0.05, 0) is 59.2 Å². The highest BCUT2D eigenvalue weighted by Gasteiger charge is 2.26. The lowest BCUT2D eigenvalue weighted by Gasteiger charge is -2.17. The number of hydrogen-bond donors (Lipinski definition) is 1. The highest BCUT2D eigenvalue weighted by molar-refractivity contribution is 9.11. The molecular weight excluding hydrogens is 378 g/mol. The van der Waals surface area contributed by atoms with Gasteiger partial charge in [0, 0.05) is 11.9 Å². The van der Waals surface area contributed by atoms with Crippen LogP contribution < -0.4 is 5.32 Å². The Labute approximate surface area is 129 Å². The maximum atomic E-state index is 12.0. The van der Waals surface area contributed by atoms with Crippen molar-refractivity contribution < 1.29 is 4.79 Å². The smallest absolute Gasteiger partial charge is 0.261 e. The van der Waals surface area contributed by atoms with Gasteiger partial charge in [0.25, 0.3) is 5.91 Å². The Kier molecular flexibility index (Phi) is 5.27. The zero-order valence-corrected chi connectivity index (χ0v) is 14.3. The van der Waals surface area contributed by atoms with E-state index in [1.54, 1.807) is 0 Å². The average Bonchev–Trinajstić information content (AvgIpc) is 2.93. The van der Waals surface area contributed by atoms with Crippen LogP contribution in [0.1, 0.15) is 34.5 Å². The fraction of sp³-hybridized carbons (Fsp3) is 0.615. The number of carbonyl (C=O) groups is 1. The summed E-state index contributed by atoms with van der Waals surface area (Å²) in [6.45, 7) is 2.82. The minimum absolute atomic E-state index is 0.0639. The van der Waals surface area contributed by atoms with Crippen molar-refractivity contribution in [1.82, 2.24) is 5.32 Å². The van der Waals surface area contributed by atoms with E-state index in [0.717, 1.165) is 32.0 Å². The number of carbonyl (C=O) groups excluding carboxylic acids is 1. The Hall–Kier alpha value is 0.130. The number of hydrogen-bond acceptors (Lipinski definition) is 2. The molecule has 0 saturated heterocycles. The van der Waals surface area contributed by atoms with Gasteiger partial charge in [0.1, 0.15) is 0 Å². The van der Waals surface area contributed by atoms with Crippen LogP contribution in [-0.4, -0.2) is 17.8 Å². The van der Waals surface area contributed by atoms with Gasteiger partial charge in [-0.2, -0.15) is 0 Å². The summed E-state index contributed by atoms with van der Waals surface area (Å²) in [6.07, 6.45) is 3.82. The maximum Gasteiger partial charge on any atom is 0.261 e. The lowest BCUT2D eigenvalue weighted by molar-refractivity contribution is 0.0949. The van der Waals surface area contributed by atoms with Crippen molar-refractivity contribution in [3.05, 3.63) is 20.3 Å². The van der Waals surface area contributed by atoms with Gasteiger partial charge in [-0.3, -0.25) is 4.79 Å². The van der Waals surface area contributed by atoms with Gasteiger partial charge in [0.2, 0.25) is 0 Å². The van der Waals surface area contributed by atoms with Crippen molar-refractivity contribution in [3.63, 3.8) is 0 Å². The third kappa shape index (κ3) is 3.36. The topological polar surface area (TPSA) is 29.1 Å². The molecule has 1 saturated carbocycles. The standard InChI is InChI=1S/C13H17Br2NOS/c1-8-5-11(18-12(8)15)13(17)16-7-10-4-2-3-9(10)6-14/h5,9-10H,2-4,6-7H2,1H3,(H,16,17). The average molecular weight is 395 g/mol. The Morgan fingerprint density at radius 1 is 1.50 bits per heavy atom. The number of nitrogens with one attached hydrogen (secondary N) is 1. The predicted molar refractivity (Wildman–Crippen MR) is 83.7 cm³/mol. The van der Waals surface area contributed by atoms with Crippen LogP contribution in [0.4, 0.5) is 0 Å². The van der Waals surface area contributed by atoms with E-state index in [1.165, 1.54) is 30.6 Å². The van der Waals surface area contributed by atoms with Crippen molar-refractivity contribution in [2.75, 3.05) is 11.9 Å². The first-order valence-electron chi connectivity index (χ1n) is 6.22. The van der Waals surface area contributed by atoms with Crippen LogP contribution in [0.25, 0.3) is 0 Å². The number of rotatable bonds is 4. The summed E-state index contributed by atoms with van der Waals surface area (Å²) < 4.78 is 1.05. The van der Waals surface area contributed by atoms with E-state index in [1.807, 2.05) is 13.0 Å². The minimum Gasteiger partial charge on any atom is -0.351 e. The fourth-order valence-electron chi connectivity index (χ4n) is 2.47. The predicted octanol–water partition coefficient (Wildman–Crippen LogP) is 4.36. The van der Waals surface area contributed by atoms with Gasteiger partial charge in [0.05, 0.1) is 8.66 Å². The van der Waals surface area contributed by atoms with Crippen LogP contribution >= 0.6 is 43.2 Å². The summed E-state index contributed by atoms with van der Waals surface area (Å²) in [6, 6.07) is 1.95. The van der Waals surface area contributed by atoms with E-state index < -0.39 is 0 Å². The minimum atomic E-state index is 0.0639. The van der Waals surface area contributed by atoms with Crippen molar-refractivity contribution in [2.45, 2.75) is 26.2 Å². The Balaban J connectivity index is 1.88. The Morgan fingerprint density at radius 3 is 2.83 bits per heavy atom. The van der Waals surface area contributed by atoms with Gasteiger partial charge < -0.3 is 5.32 Å². The van der Waals surface area contributed by atoms with Crippen LogP contribution in [0.2, 0.25) is 0 Å². The van der Waals surface area contributed by atoms with E-state index in [-0.39, 0.29) is 5.91 Å². The molecule has 2 atom stereocenters. The quantitative estimate of drug-likeness (QED) is 0.755. The van der Waals surface area contributed by atoms with Gasteiger partial charge in [-0.25, -0.2) is 0 Å². The third-order valence-corrected chi connectivity index (χ3v) is 6.59. The number of amides is 1. The van der Waals surface area contributed by atoms with Crippen LogP contribution in [0.5, 0.6) is 0 Å². The zero-order valence-electron chi connectivity index (χ0n) is 10.3. The van der Waals surface area contributed by atoms with Gasteiger partial charge >= 0.3 is 0 Å². The first kappa shape index (κ1) is 14.5. The molecule has 0 aromatic carbocycles. The molecule has 1 aromatic rings. The summed E-state index contributed by atoms with van der Waals surface area (Å²) >= 11 is 8.53. The van der Waals surface area contributed by atoms with Crippen LogP contribution in [0, 0.1) is 18.8 Å². The molecule has 18 heavy (non-hydrogen) atoms. The molecular formula is C13H17Br2NOS. The first-order chi connectivity index (χ1) is 8.61. The van der Waals surface area contributed by atoms with Crippen molar-refractivity contribution in [1.29, 1.82) is 0 Å². The molecule has 1 aromatic heterocycles. The SMILES string of the molecule is Cc1cc(C(=O)NCC2CCCC2CBr)sc1Br. The lowest BCUT2D eigenvalue weighted by atomic mass is 9.98. The third-order valence-electron chi connectivity index (χ3n) is 3.62. The van der Waals surface area contributed by atoms with E-state index in [9.17, 15) is 4.79 Å². The summed E-state index contributed by atoms with van der Waals surface area (Å²) in [4.78, 5) is 12.8. The van der Waals surface area contributed by atoms with E-state index in [4.69, 9.17) is 0 Å². The molecule has 2 nitrogen and oxygen atoms in total. The van der Waals surface area contributed by atoms with Gasteiger partial charge in [-0.15, -0.1) is 11.3 Å². The molecule has 1 aliphatic rings. The van der Waals surface area contributed by atoms with Crippen LogP contribution in [-0.2, 0) is 0 Å². The highest BCUT2D eigenvalue weighted by Crippen LogP contribution is 2.32. The lowest BCUT2D eigenvalue weighted by Crippen LogP contribution is -2.30. The second kappa shape index (κ2) is 6.53. The fourth-order valence-corrected chi connectivity index (χ4v) is 4.77. The Morgan fingerprint density at radius 2 is 2.22 bits per heavy atom. The largest absolute Gasteiger partial charge is 0.351 e. The molecule has 1 N–H and O–H groups in total. The first-order valence-corrected chi connectivity index (χ1v) is 8.95. The molecule has 1 fully saturated rings. The summed E-state index contributed by atoms with van der Waals surface area (Å²) in [5.74, 6) is 1.42. The molecule has 1 amide bonds. The molecule has 2 rings (SSSR count). The molecule has 1 heterocycles. The normalized spacial score (nSPS) is 23.3. The summed E-state index contributed by atoms with van der Waals surface area (Å²) in [5, 5.41) is 4.13. The van der Waals surface area contributed by atoms with Crippen LogP contribution in [0.3, 0.4) is 0 Å². The second-order valence-electron chi connectivity index (χ2n) is 4.88. The van der Waals surface area contributed by atoms with Crippen molar-refractivity contribution >= 4 is 49.1 Å². The highest BCUT2D eigenvalue weighted by atomic mass is 79.9. The number of halogens is 2. The van der Waals surface area contributed by atoms with Gasteiger partial charge in [-0.1, -0.05) is 22.4 Å². The summed E-state index contributed by atoms with van der Waals surface area (Å²) in [5.41, 5.74) is 1.13. The van der Waals surface area contributed by atoms with E-state index >= 15 is 0 Å². The Bertz CT molecular complexity index is 413. The molecule has 100 valence electrons. The monoisotopic (exact) mass is 393 g/mol. The number of aryl methyl sites for hydroxylation is 1. The summed E-state index contributed by atoms with van der Waals surface area (Å²) in [7, 11) is 0. The van der Waals surface area contributed by atoms with E-state index in [2.05, 4.69) is 37.2 Å². The number of thiophene rings is 1. The molecule has 5 heteroatoms. The molecule has 1 aliphatic carbocycles. The molecule has 0 radical (unpaired) electrons. The van der Waals surface area contributed by atoms with Crippen molar-refractivity contribution in [2.24, 2.45) is 11.8 Å². The zero-order chi connectivity index (χ0) is 13.1. The maximum absolute atomic E-state index is 12.0. The number of alkyl halides is 1. The molecule has 0 bridgehead atoms. The molecule has 0 aliphatic heterocycles. The second-order valence-corrected chi connectivity index (χ2v) is 7.90. The van der Waals surface area contributed by atoms with Crippen molar-refractivity contribution in [3.8, 4) is 0 Å². The molecule has 0 spiro atoms. The molecule has 2 unspecified atom stereocenters. The van der Waals surface area contributed by atoms with Gasteiger partial charge in [0.15, 0.2) is 0 Å². The van der Waals surface area contributed by atoms with E-state index in [0.29, 0.717) is 5.92 Å².